The van der Waals surface area contributed by atoms with Gasteiger partial charge in [0.25, 0.3) is 5.56 Å². The number of halogens is 2. The summed E-state index contributed by atoms with van der Waals surface area (Å²) in [5.74, 6) is 1.08. The molecule has 5 nitrogen and oxygen atoms in total. The minimum atomic E-state index is -0.268. The average Bonchev–Trinajstić information content (AvgIpc) is 3.24. The van der Waals surface area contributed by atoms with Gasteiger partial charge in [0.2, 0.25) is 0 Å². The number of aromatic nitrogens is 2. The molecule has 0 spiro atoms. The number of furan rings is 1. The third-order valence-electron chi connectivity index (χ3n) is 4.54. The van der Waals surface area contributed by atoms with Crippen LogP contribution in [0.15, 0.2) is 39.5 Å². The average molecular weight is 442 g/mol. The number of hydrogen-bond acceptors (Lipinski definition) is 5. The van der Waals surface area contributed by atoms with Crippen molar-refractivity contribution in [3.05, 3.63) is 72.8 Å². The van der Waals surface area contributed by atoms with Crippen molar-refractivity contribution in [3.8, 4) is 17.4 Å². The van der Waals surface area contributed by atoms with Crippen molar-refractivity contribution in [1.82, 2.24) is 9.97 Å². The smallest absolute Gasteiger partial charge is 0.260 e. The fourth-order valence-electron chi connectivity index (χ4n) is 2.98. The molecule has 4 aromatic rings. The highest BCUT2D eigenvalue weighted by atomic mass is 35.5. The molecule has 1 N–H and O–H groups in total. The first-order valence-electron chi connectivity index (χ1n) is 8.55. The molecule has 0 fully saturated rings. The maximum Gasteiger partial charge on any atom is 0.260 e. The van der Waals surface area contributed by atoms with Crippen LogP contribution in [0.1, 0.15) is 22.0 Å². The minimum Gasteiger partial charge on any atom is -0.457 e. The molecule has 0 aliphatic rings. The van der Waals surface area contributed by atoms with Gasteiger partial charge in [-0.1, -0.05) is 29.3 Å². The lowest BCUT2D eigenvalue weighted by Crippen LogP contribution is -2.10. The minimum absolute atomic E-state index is 0.180. The molecule has 0 amide bonds. The summed E-state index contributed by atoms with van der Waals surface area (Å²) in [4.78, 5) is 21.3. The van der Waals surface area contributed by atoms with Crippen molar-refractivity contribution in [2.45, 2.75) is 13.8 Å². The number of allylic oxidation sites excluding steroid dienone is 1. The van der Waals surface area contributed by atoms with Crippen molar-refractivity contribution in [2.75, 3.05) is 0 Å². The highest BCUT2D eigenvalue weighted by molar-refractivity contribution is 7.18. The van der Waals surface area contributed by atoms with Crippen LogP contribution in [0, 0.1) is 25.2 Å². The summed E-state index contributed by atoms with van der Waals surface area (Å²) in [6, 6.07) is 10.7. The SMILES string of the molecule is Cc1sc2nc(C(C#N)=Cc3ccc(-c4c(Cl)cccc4Cl)o3)[nH]c(=O)c2c1C. The predicted octanol–water partition coefficient (Wildman–Crippen LogP) is 6.23. The summed E-state index contributed by atoms with van der Waals surface area (Å²) in [5.41, 5.74) is 1.39. The van der Waals surface area contributed by atoms with Crippen LogP contribution >= 0.6 is 34.5 Å². The lowest BCUT2D eigenvalue weighted by atomic mass is 10.2. The largest absolute Gasteiger partial charge is 0.457 e. The molecule has 8 heteroatoms. The first-order chi connectivity index (χ1) is 13.9. The topological polar surface area (TPSA) is 82.7 Å². The van der Waals surface area contributed by atoms with Crippen LogP contribution in [0.25, 0.3) is 33.2 Å². The van der Waals surface area contributed by atoms with Crippen LogP contribution in [-0.4, -0.2) is 9.97 Å². The number of H-pyrrole nitrogens is 1. The molecular formula is C21H13Cl2N3O2S. The number of nitrogens with zero attached hydrogens (tertiary/aromatic N) is 2. The monoisotopic (exact) mass is 441 g/mol. The lowest BCUT2D eigenvalue weighted by Gasteiger charge is -2.03. The Balaban J connectivity index is 1.78. The molecule has 0 radical (unpaired) electrons. The summed E-state index contributed by atoms with van der Waals surface area (Å²) in [6.45, 7) is 3.82. The summed E-state index contributed by atoms with van der Waals surface area (Å²) < 4.78 is 5.81. The zero-order valence-corrected chi connectivity index (χ0v) is 17.7. The number of nitriles is 1. The van der Waals surface area contributed by atoms with E-state index in [2.05, 4.69) is 16.0 Å². The molecule has 1 aromatic carbocycles. The van der Waals surface area contributed by atoms with Crippen LogP contribution in [0.5, 0.6) is 0 Å². The zero-order valence-electron chi connectivity index (χ0n) is 15.3. The van der Waals surface area contributed by atoms with E-state index in [1.807, 2.05) is 13.8 Å². The van der Waals surface area contributed by atoms with Crippen LogP contribution in [0.4, 0.5) is 0 Å². The number of rotatable bonds is 3. The molecule has 0 unspecified atom stereocenters. The molecule has 3 aromatic heterocycles. The normalized spacial score (nSPS) is 11.8. The van der Waals surface area contributed by atoms with Gasteiger partial charge in [0, 0.05) is 11.0 Å². The quantitative estimate of drug-likeness (QED) is 0.381. The van der Waals surface area contributed by atoms with Crippen LogP contribution in [-0.2, 0) is 0 Å². The van der Waals surface area contributed by atoms with Crippen LogP contribution in [0.2, 0.25) is 10.0 Å². The zero-order chi connectivity index (χ0) is 20.7. The van der Waals surface area contributed by atoms with E-state index < -0.39 is 0 Å². The Morgan fingerprint density at radius 1 is 1.24 bits per heavy atom. The molecule has 0 aliphatic carbocycles. The number of hydrogen-bond donors (Lipinski definition) is 1. The highest BCUT2D eigenvalue weighted by Gasteiger charge is 2.16. The van der Waals surface area contributed by atoms with Crippen molar-refractivity contribution in [2.24, 2.45) is 0 Å². The molecule has 4 rings (SSSR count). The van der Waals surface area contributed by atoms with Crippen molar-refractivity contribution >= 4 is 56.4 Å². The Hall–Kier alpha value is -2.85. The van der Waals surface area contributed by atoms with Gasteiger partial charge >= 0.3 is 0 Å². The Labute approximate surface area is 179 Å². The van der Waals surface area contributed by atoms with Gasteiger partial charge in [0.1, 0.15) is 22.4 Å². The predicted molar refractivity (Wildman–Crippen MR) is 117 cm³/mol. The van der Waals surface area contributed by atoms with Gasteiger partial charge in [0.15, 0.2) is 5.82 Å². The van der Waals surface area contributed by atoms with Crippen LogP contribution in [0.3, 0.4) is 0 Å². The van der Waals surface area contributed by atoms with Gasteiger partial charge in [-0.3, -0.25) is 4.79 Å². The third kappa shape index (κ3) is 3.49. The summed E-state index contributed by atoms with van der Waals surface area (Å²) in [5, 5.41) is 11.1. The standard InChI is InChI=1S/C21H13Cl2N3O2S/c1-10-11(2)29-21-17(10)20(27)25-19(26-21)12(9-24)8-13-6-7-16(28-13)18-14(22)4-3-5-15(18)23/h3-8H,1-2H3,(H,25,26,27). The van der Waals surface area contributed by atoms with Gasteiger partial charge in [-0.05, 0) is 43.7 Å². The molecule has 0 aliphatic heterocycles. The summed E-state index contributed by atoms with van der Waals surface area (Å²) in [7, 11) is 0. The molecule has 29 heavy (non-hydrogen) atoms. The second-order valence-electron chi connectivity index (χ2n) is 6.35. The number of fused-ring (bicyclic) bond motifs is 1. The van der Waals surface area contributed by atoms with E-state index in [-0.39, 0.29) is 17.0 Å². The lowest BCUT2D eigenvalue weighted by molar-refractivity contribution is 0.572. The van der Waals surface area contributed by atoms with E-state index in [4.69, 9.17) is 27.6 Å². The molecule has 0 saturated heterocycles. The second-order valence-corrected chi connectivity index (χ2v) is 8.36. The molecular weight excluding hydrogens is 429 g/mol. The molecule has 144 valence electrons. The number of nitrogens with one attached hydrogen (secondary N) is 1. The van der Waals surface area contributed by atoms with Gasteiger partial charge < -0.3 is 9.40 Å². The Kier molecular flexibility index (Phi) is 5.05. The van der Waals surface area contributed by atoms with Gasteiger partial charge in [0.05, 0.1) is 26.6 Å². The summed E-state index contributed by atoms with van der Waals surface area (Å²) >= 11 is 13.9. The maximum absolute atomic E-state index is 12.5. The number of benzene rings is 1. The Bertz CT molecular complexity index is 1370. The highest BCUT2D eigenvalue weighted by Crippen LogP contribution is 2.36. The van der Waals surface area contributed by atoms with E-state index in [0.29, 0.717) is 37.3 Å². The molecule has 0 bridgehead atoms. The van der Waals surface area contributed by atoms with Gasteiger partial charge in [-0.2, -0.15) is 5.26 Å². The fraction of sp³-hybridized carbons (Fsp3) is 0.0952. The van der Waals surface area contributed by atoms with E-state index >= 15 is 0 Å². The second kappa shape index (κ2) is 7.53. The molecule has 3 heterocycles. The van der Waals surface area contributed by atoms with Gasteiger partial charge in [-0.25, -0.2) is 4.98 Å². The van der Waals surface area contributed by atoms with Crippen molar-refractivity contribution in [3.63, 3.8) is 0 Å². The van der Waals surface area contributed by atoms with Crippen molar-refractivity contribution in [1.29, 1.82) is 5.26 Å². The fourth-order valence-corrected chi connectivity index (χ4v) is 4.59. The molecule has 0 atom stereocenters. The number of aryl methyl sites for hydroxylation is 2. The van der Waals surface area contributed by atoms with E-state index in [1.54, 1.807) is 30.3 Å². The number of aromatic amines is 1. The first kappa shape index (κ1) is 19.5. The van der Waals surface area contributed by atoms with Crippen LogP contribution < -0.4 is 5.56 Å². The molecule has 0 saturated carbocycles. The Morgan fingerprint density at radius 3 is 2.66 bits per heavy atom. The Morgan fingerprint density at radius 2 is 1.97 bits per heavy atom. The van der Waals surface area contributed by atoms with E-state index in [0.717, 1.165) is 10.4 Å². The summed E-state index contributed by atoms with van der Waals surface area (Å²) in [6.07, 6.45) is 1.52. The third-order valence-corrected chi connectivity index (χ3v) is 6.27. The van der Waals surface area contributed by atoms with E-state index in [1.165, 1.54) is 17.4 Å². The van der Waals surface area contributed by atoms with E-state index in [9.17, 15) is 10.1 Å². The first-order valence-corrected chi connectivity index (χ1v) is 10.1. The maximum atomic E-state index is 12.5. The van der Waals surface area contributed by atoms with Crippen molar-refractivity contribution < 1.29 is 4.42 Å². The van der Waals surface area contributed by atoms with Gasteiger partial charge in [-0.15, -0.1) is 11.3 Å². The number of thiophene rings is 1.